The van der Waals surface area contributed by atoms with Crippen molar-refractivity contribution in [2.45, 2.75) is 69.1 Å². The molecule has 3 aromatic rings. The van der Waals surface area contributed by atoms with Crippen LogP contribution in [0.4, 0.5) is 17.6 Å². The Labute approximate surface area is 215 Å². The Morgan fingerprint density at radius 1 is 1.24 bits per heavy atom. The molecule has 10 heteroatoms. The Bertz CT molecular complexity index is 1360. The lowest BCUT2D eigenvalue weighted by Gasteiger charge is -2.59. The van der Waals surface area contributed by atoms with Crippen LogP contribution < -0.4 is 15.4 Å². The Morgan fingerprint density at radius 2 is 2.14 bits per heavy atom. The van der Waals surface area contributed by atoms with E-state index in [1.165, 1.54) is 6.42 Å². The number of piperidine rings is 1. The Hall–Kier alpha value is -3.42. The van der Waals surface area contributed by atoms with E-state index in [1.807, 2.05) is 31.2 Å². The van der Waals surface area contributed by atoms with Gasteiger partial charge in [-0.15, -0.1) is 0 Å². The van der Waals surface area contributed by atoms with E-state index in [2.05, 4.69) is 31.8 Å². The number of H-pyrrole nitrogens is 1. The number of rotatable bonds is 8. The van der Waals surface area contributed by atoms with Gasteiger partial charge in [-0.3, -0.25) is 10.00 Å². The van der Waals surface area contributed by atoms with Crippen LogP contribution in [0.15, 0.2) is 24.3 Å². The Balaban J connectivity index is 1.14. The molecule has 0 spiro atoms. The van der Waals surface area contributed by atoms with Crippen LogP contribution >= 0.6 is 0 Å². The highest BCUT2D eigenvalue weighted by Gasteiger charge is 2.60. The minimum Gasteiger partial charge on any atom is -0.493 e. The molecule has 4 aliphatic rings. The number of nitrogens with one attached hydrogen (secondary N) is 3. The molecule has 4 aliphatic heterocycles. The van der Waals surface area contributed by atoms with Gasteiger partial charge in [0.2, 0.25) is 5.95 Å². The molecule has 7 rings (SSSR count). The quantitative estimate of drug-likeness (QED) is 0.422. The summed E-state index contributed by atoms with van der Waals surface area (Å²) in [6.45, 7) is 4.15. The molecular weight excluding hydrogens is 468 g/mol. The first-order valence-electron chi connectivity index (χ1n) is 13.3. The lowest BCUT2D eigenvalue weighted by molar-refractivity contribution is -0.0880. The average molecular weight is 501 g/mol. The van der Waals surface area contributed by atoms with Crippen LogP contribution in [0.2, 0.25) is 0 Å². The molecule has 0 radical (unpaired) electrons. The summed E-state index contributed by atoms with van der Waals surface area (Å²) in [4.78, 5) is 12.5. The second kappa shape index (κ2) is 8.85. The summed E-state index contributed by atoms with van der Waals surface area (Å²) in [5, 5.41) is 24.6. The standard InChI is InChI=1S/C27H32N8O2/c1-16-8-24(34-33-16)31-25-22-3-2-21(37-15-17-13-36-14-17)11-23(22)30-26(32-25)29-18-9-19-4-5-27(6-7-28)12-20(10-18)35(19)27/h2-3,8,11,17-20H,4-6,9-10,12-15H2,1H3,(H3,29,30,31,32,33,34)/t18-,19-,20-,27?/m1/s1. The molecular formula is C27H32N8O2. The van der Waals surface area contributed by atoms with Crippen molar-refractivity contribution in [2.75, 3.05) is 30.5 Å². The number of nitrogens with zero attached hydrogens (tertiary/aromatic N) is 5. The Morgan fingerprint density at radius 3 is 2.92 bits per heavy atom. The zero-order chi connectivity index (χ0) is 25.0. The van der Waals surface area contributed by atoms with Crippen LogP contribution in [-0.2, 0) is 4.74 Å². The van der Waals surface area contributed by atoms with Gasteiger partial charge in [0, 0.05) is 52.8 Å². The number of aryl methyl sites for hydroxylation is 1. The molecule has 1 unspecified atom stereocenters. The van der Waals surface area contributed by atoms with Gasteiger partial charge in [-0.2, -0.15) is 15.3 Å². The van der Waals surface area contributed by atoms with Crippen LogP contribution in [0.1, 0.15) is 44.2 Å². The van der Waals surface area contributed by atoms with Gasteiger partial charge in [-0.05, 0) is 51.2 Å². The SMILES string of the molecule is Cc1cc(Nc2nc(N[C@@H]3C[C@H]4CCC5(CC#N)C[C@@H](C3)N45)nc3cc(OCC4COC4)ccc23)n[nH]1. The van der Waals surface area contributed by atoms with Crippen LogP contribution in [0.3, 0.4) is 0 Å². The van der Waals surface area contributed by atoms with E-state index in [0.29, 0.717) is 48.8 Å². The van der Waals surface area contributed by atoms with E-state index in [1.54, 1.807) is 0 Å². The van der Waals surface area contributed by atoms with E-state index in [9.17, 15) is 5.26 Å². The molecule has 0 aliphatic carbocycles. The molecule has 3 N–H and O–H groups in total. The predicted molar refractivity (Wildman–Crippen MR) is 139 cm³/mol. The lowest BCUT2D eigenvalue weighted by atomic mass is 9.72. The highest BCUT2D eigenvalue weighted by atomic mass is 16.5. The second-order valence-electron chi connectivity index (χ2n) is 11.2. The maximum atomic E-state index is 9.34. The van der Waals surface area contributed by atoms with Gasteiger partial charge in [0.15, 0.2) is 5.82 Å². The second-order valence-corrected chi connectivity index (χ2v) is 11.2. The molecule has 192 valence electrons. The molecule has 37 heavy (non-hydrogen) atoms. The number of aromatic nitrogens is 4. The minimum absolute atomic E-state index is 0.148. The average Bonchev–Trinajstić information content (AvgIpc) is 3.38. The fourth-order valence-electron chi connectivity index (χ4n) is 6.85. The zero-order valence-electron chi connectivity index (χ0n) is 21.0. The summed E-state index contributed by atoms with van der Waals surface area (Å²) >= 11 is 0. The third-order valence-electron chi connectivity index (χ3n) is 8.56. The van der Waals surface area contributed by atoms with Gasteiger partial charge in [0.25, 0.3) is 0 Å². The first-order valence-corrected chi connectivity index (χ1v) is 13.3. The first kappa shape index (κ1) is 22.8. The van der Waals surface area contributed by atoms with E-state index in [-0.39, 0.29) is 5.54 Å². The first-order chi connectivity index (χ1) is 18.1. The monoisotopic (exact) mass is 500 g/mol. The molecule has 4 atom stereocenters. The fourth-order valence-corrected chi connectivity index (χ4v) is 6.85. The smallest absolute Gasteiger partial charge is 0.225 e. The molecule has 10 nitrogen and oxygen atoms in total. The largest absolute Gasteiger partial charge is 0.493 e. The normalized spacial score (nSPS) is 28.7. The van der Waals surface area contributed by atoms with E-state index in [0.717, 1.165) is 67.1 Å². The van der Waals surface area contributed by atoms with Crippen molar-refractivity contribution in [1.82, 2.24) is 25.1 Å². The number of aromatic amines is 1. The van der Waals surface area contributed by atoms with Crippen LogP contribution in [-0.4, -0.2) is 68.6 Å². The third kappa shape index (κ3) is 4.06. The number of fused-ring (bicyclic) bond motifs is 1. The highest BCUT2D eigenvalue weighted by molar-refractivity contribution is 5.92. The molecule has 0 amide bonds. The molecule has 0 bridgehead atoms. The topological polar surface area (TPSA) is 124 Å². The van der Waals surface area contributed by atoms with Crippen molar-refractivity contribution in [3.8, 4) is 11.8 Å². The molecule has 1 aromatic carbocycles. The van der Waals surface area contributed by atoms with E-state index >= 15 is 0 Å². The summed E-state index contributed by atoms with van der Waals surface area (Å²) in [6, 6.07) is 11.8. The van der Waals surface area contributed by atoms with Gasteiger partial charge < -0.3 is 20.1 Å². The lowest BCUT2D eigenvalue weighted by Crippen LogP contribution is -2.68. The van der Waals surface area contributed by atoms with Crippen molar-refractivity contribution in [2.24, 2.45) is 5.92 Å². The van der Waals surface area contributed by atoms with Gasteiger partial charge in [0.1, 0.15) is 11.6 Å². The van der Waals surface area contributed by atoms with Crippen molar-refractivity contribution >= 4 is 28.5 Å². The number of anilines is 3. The number of hydrogen-bond donors (Lipinski definition) is 3. The summed E-state index contributed by atoms with van der Waals surface area (Å²) in [6.07, 6.45) is 6.22. The van der Waals surface area contributed by atoms with Crippen molar-refractivity contribution < 1.29 is 9.47 Å². The molecule has 0 saturated carbocycles. The predicted octanol–water partition coefficient (Wildman–Crippen LogP) is 3.89. The molecule has 6 heterocycles. The molecule has 4 fully saturated rings. The summed E-state index contributed by atoms with van der Waals surface area (Å²) < 4.78 is 11.3. The third-order valence-corrected chi connectivity index (χ3v) is 8.56. The Kier molecular flexibility index (Phi) is 5.44. The van der Waals surface area contributed by atoms with Crippen LogP contribution in [0.5, 0.6) is 5.75 Å². The van der Waals surface area contributed by atoms with E-state index < -0.39 is 0 Å². The number of hydrogen-bond acceptors (Lipinski definition) is 9. The maximum Gasteiger partial charge on any atom is 0.225 e. The number of benzene rings is 1. The summed E-state index contributed by atoms with van der Waals surface area (Å²) in [5.74, 6) is 3.31. The summed E-state index contributed by atoms with van der Waals surface area (Å²) in [5.41, 5.74) is 1.95. The minimum atomic E-state index is 0.148. The number of ether oxygens (including phenoxy) is 2. The summed E-state index contributed by atoms with van der Waals surface area (Å²) in [7, 11) is 0. The van der Waals surface area contributed by atoms with Gasteiger partial charge >= 0.3 is 0 Å². The van der Waals surface area contributed by atoms with Crippen LogP contribution in [0, 0.1) is 24.2 Å². The van der Waals surface area contributed by atoms with Crippen LogP contribution in [0.25, 0.3) is 10.9 Å². The van der Waals surface area contributed by atoms with Gasteiger partial charge in [-0.25, -0.2) is 4.98 Å². The zero-order valence-corrected chi connectivity index (χ0v) is 21.0. The maximum absolute atomic E-state index is 9.34. The van der Waals surface area contributed by atoms with Crippen molar-refractivity contribution in [3.05, 3.63) is 30.0 Å². The fraction of sp³-hybridized carbons (Fsp3) is 0.556. The molecule has 4 saturated heterocycles. The van der Waals surface area contributed by atoms with Gasteiger partial charge in [-0.1, -0.05) is 0 Å². The van der Waals surface area contributed by atoms with Crippen molar-refractivity contribution in [1.29, 1.82) is 5.26 Å². The number of nitriles is 1. The highest BCUT2D eigenvalue weighted by Crippen LogP contribution is 2.55. The molecule has 2 aromatic heterocycles. The van der Waals surface area contributed by atoms with Gasteiger partial charge in [0.05, 0.1) is 37.8 Å². The van der Waals surface area contributed by atoms with Crippen molar-refractivity contribution in [3.63, 3.8) is 0 Å². The van der Waals surface area contributed by atoms with E-state index in [4.69, 9.17) is 19.4 Å².